The monoisotopic (exact) mass is 911 g/mol. The van der Waals surface area contributed by atoms with Gasteiger partial charge in [-0.25, -0.2) is 0 Å². The number of rotatable bonds is 47. The summed E-state index contributed by atoms with van der Waals surface area (Å²) in [5.74, 6) is -0.470. The molecule has 0 fully saturated rings. The van der Waals surface area contributed by atoms with E-state index in [1.165, 1.54) is 38.5 Å². The molecule has 0 spiro atoms. The molecule has 1 unspecified atom stereocenters. The highest BCUT2D eigenvalue weighted by Gasteiger charge is 2.17. The lowest BCUT2D eigenvalue weighted by atomic mass is 10.1. The zero-order chi connectivity index (χ0) is 47.7. The average molecular weight is 911 g/mol. The van der Waals surface area contributed by atoms with Crippen molar-refractivity contribution in [2.75, 3.05) is 19.8 Å². The van der Waals surface area contributed by atoms with Crippen LogP contribution in [0.1, 0.15) is 213 Å². The van der Waals surface area contributed by atoms with Gasteiger partial charge in [0.2, 0.25) is 0 Å². The Kier molecular flexibility index (Phi) is 52.0. The second-order valence-corrected chi connectivity index (χ2v) is 17.0. The molecule has 0 aromatic rings. The summed E-state index contributed by atoms with van der Waals surface area (Å²) in [6.07, 6.45) is 78.9. The maximum atomic E-state index is 12.8. The lowest BCUT2D eigenvalue weighted by Gasteiger charge is -2.18. The summed E-state index contributed by atoms with van der Waals surface area (Å²) in [6, 6.07) is 0. The Hall–Kier alpha value is -3.96. The van der Waals surface area contributed by atoms with Crippen molar-refractivity contribution in [3.63, 3.8) is 0 Å². The highest BCUT2D eigenvalue weighted by molar-refractivity contribution is 5.70. The van der Waals surface area contributed by atoms with Gasteiger partial charge >= 0.3 is 11.9 Å². The number of carbonyl (C=O) groups excluding carboxylic acids is 2. The van der Waals surface area contributed by atoms with E-state index < -0.39 is 6.10 Å². The second kappa shape index (κ2) is 55.4. The molecule has 372 valence electrons. The van der Waals surface area contributed by atoms with Gasteiger partial charge < -0.3 is 14.2 Å². The first-order valence-electron chi connectivity index (χ1n) is 26.7. The van der Waals surface area contributed by atoms with Gasteiger partial charge in [-0.15, -0.1) is 0 Å². The lowest BCUT2D eigenvalue weighted by Crippen LogP contribution is -2.30. The van der Waals surface area contributed by atoms with Gasteiger partial charge in [0.05, 0.1) is 6.61 Å². The van der Waals surface area contributed by atoms with E-state index in [2.05, 4.69) is 154 Å². The fraction of sp³-hybridized carbons (Fsp3) is 0.607. The molecule has 0 amide bonds. The molecular weight excluding hydrogens is 813 g/mol. The van der Waals surface area contributed by atoms with E-state index in [-0.39, 0.29) is 25.2 Å². The summed E-state index contributed by atoms with van der Waals surface area (Å²) >= 11 is 0. The molecule has 0 bridgehead atoms. The van der Waals surface area contributed by atoms with Crippen LogP contribution in [-0.4, -0.2) is 37.9 Å². The molecule has 5 heteroatoms. The van der Waals surface area contributed by atoms with Gasteiger partial charge in [-0.2, -0.15) is 0 Å². The van der Waals surface area contributed by atoms with Crippen LogP contribution in [0.15, 0.2) is 134 Å². The number of hydrogen-bond acceptors (Lipinski definition) is 5. The predicted octanol–water partition coefficient (Wildman–Crippen LogP) is 18.3. The first kappa shape index (κ1) is 62.0. The molecule has 0 N–H and O–H groups in total. The molecular formula is C61H98O5. The number of hydrogen-bond donors (Lipinski definition) is 0. The molecule has 0 aliphatic heterocycles. The topological polar surface area (TPSA) is 61.8 Å². The van der Waals surface area contributed by atoms with E-state index in [1.807, 2.05) is 0 Å². The SMILES string of the molecule is CC/C=C\C/C=C\C/C=C\C/C=C\C/C=C\CCCCCCOCC(COC(=O)CCCCC/C=C\C/C=C\C/C=C\C/C=C\C/C=C\CC)OC(=O)CCCCCCC/C=C\CCCC. The highest BCUT2D eigenvalue weighted by Crippen LogP contribution is 2.12. The second-order valence-electron chi connectivity index (χ2n) is 17.0. The molecule has 0 aromatic carbocycles. The van der Waals surface area contributed by atoms with Gasteiger partial charge in [0.25, 0.3) is 0 Å². The van der Waals surface area contributed by atoms with Crippen LogP contribution in [0, 0.1) is 0 Å². The third-order valence-corrected chi connectivity index (χ3v) is 10.7. The largest absolute Gasteiger partial charge is 0.462 e. The molecule has 5 nitrogen and oxygen atoms in total. The van der Waals surface area contributed by atoms with Gasteiger partial charge in [-0.3, -0.25) is 9.59 Å². The van der Waals surface area contributed by atoms with Crippen LogP contribution in [0.4, 0.5) is 0 Å². The van der Waals surface area contributed by atoms with E-state index >= 15 is 0 Å². The van der Waals surface area contributed by atoms with Gasteiger partial charge in [0.15, 0.2) is 6.10 Å². The van der Waals surface area contributed by atoms with E-state index in [0.29, 0.717) is 19.4 Å². The summed E-state index contributed by atoms with van der Waals surface area (Å²) in [6.45, 7) is 7.44. The van der Waals surface area contributed by atoms with E-state index in [1.54, 1.807) is 0 Å². The molecule has 0 saturated heterocycles. The van der Waals surface area contributed by atoms with Gasteiger partial charge in [0, 0.05) is 19.4 Å². The van der Waals surface area contributed by atoms with Gasteiger partial charge in [0.1, 0.15) is 6.61 Å². The van der Waals surface area contributed by atoms with Crippen molar-refractivity contribution in [2.45, 2.75) is 219 Å². The Bertz CT molecular complexity index is 1400. The number of allylic oxidation sites excluding steroid dienone is 22. The quantitative estimate of drug-likeness (QED) is 0.0346. The third-order valence-electron chi connectivity index (χ3n) is 10.7. The van der Waals surface area contributed by atoms with Gasteiger partial charge in [-0.1, -0.05) is 206 Å². The summed E-state index contributed by atoms with van der Waals surface area (Å²) in [5.41, 5.74) is 0. The maximum Gasteiger partial charge on any atom is 0.306 e. The third kappa shape index (κ3) is 52.7. The van der Waals surface area contributed by atoms with Crippen LogP contribution < -0.4 is 0 Å². The molecule has 0 saturated carbocycles. The van der Waals surface area contributed by atoms with E-state index in [4.69, 9.17) is 14.2 Å². The van der Waals surface area contributed by atoms with Crippen molar-refractivity contribution >= 4 is 11.9 Å². The van der Waals surface area contributed by atoms with Crippen molar-refractivity contribution in [1.82, 2.24) is 0 Å². The fourth-order valence-electron chi connectivity index (χ4n) is 6.72. The molecule has 0 rings (SSSR count). The number of esters is 2. The van der Waals surface area contributed by atoms with Crippen LogP contribution in [0.3, 0.4) is 0 Å². The van der Waals surface area contributed by atoms with Crippen molar-refractivity contribution in [1.29, 1.82) is 0 Å². The summed E-state index contributed by atoms with van der Waals surface area (Å²) in [5, 5.41) is 0. The Balaban J connectivity index is 4.38. The Labute approximate surface area is 407 Å². The zero-order valence-electron chi connectivity index (χ0n) is 42.7. The minimum absolute atomic E-state index is 0.0453. The van der Waals surface area contributed by atoms with E-state index in [9.17, 15) is 9.59 Å². The lowest BCUT2D eigenvalue weighted by molar-refractivity contribution is -0.163. The fourth-order valence-corrected chi connectivity index (χ4v) is 6.72. The van der Waals surface area contributed by atoms with Crippen LogP contribution >= 0.6 is 0 Å². The van der Waals surface area contributed by atoms with Crippen LogP contribution in [0.25, 0.3) is 0 Å². The average Bonchev–Trinajstić information content (AvgIpc) is 3.32. The smallest absolute Gasteiger partial charge is 0.306 e. The molecule has 0 radical (unpaired) electrons. The molecule has 0 heterocycles. The maximum absolute atomic E-state index is 12.8. The molecule has 0 aliphatic rings. The van der Waals surface area contributed by atoms with Crippen molar-refractivity contribution in [3.8, 4) is 0 Å². The minimum Gasteiger partial charge on any atom is -0.462 e. The van der Waals surface area contributed by atoms with Crippen LogP contribution in [-0.2, 0) is 23.8 Å². The molecule has 66 heavy (non-hydrogen) atoms. The molecule has 1 atom stereocenters. The summed E-state index contributed by atoms with van der Waals surface area (Å²) < 4.78 is 17.4. The minimum atomic E-state index is -0.577. The summed E-state index contributed by atoms with van der Waals surface area (Å²) in [7, 11) is 0. The Morgan fingerprint density at radius 3 is 1.12 bits per heavy atom. The normalized spacial score (nSPS) is 13.3. The predicted molar refractivity (Wildman–Crippen MR) is 288 cm³/mol. The van der Waals surface area contributed by atoms with Crippen molar-refractivity contribution in [2.24, 2.45) is 0 Å². The Morgan fingerprint density at radius 1 is 0.348 bits per heavy atom. The van der Waals surface area contributed by atoms with Crippen LogP contribution in [0.2, 0.25) is 0 Å². The first-order chi connectivity index (χ1) is 32.6. The molecule has 0 aliphatic carbocycles. The molecule has 0 aromatic heterocycles. The Morgan fingerprint density at radius 2 is 0.682 bits per heavy atom. The number of unbranched alkanes of at least 4 members (excludes halogenated alkanes) is 14. The van der Waals surface area contributed by atoms with Gasteiger partial charge in [-0.05, 0) is 128 Å². The van der Waals surface area contributed by atoms with Crippen molar-refractivity contribution < 1.29 is 23.8 Å². The standard InChI is InChI=1S/C61H98O5/c1-4-7-10-13-16-19-22-24-26-28-30-32-34-36-38-41-44-47-50-53-56-64-57-59(66-61(63)55-52-49-46-43-39-21-18-15-12-9-6-3)58-65-60(62)54-51-48-45-42-40-37-35-33-31-29-27-25-23-20-17-14-11-8-5-2/h7-8,10-11,15-20,24-27,30-33,36-38,40,59H,4-6,9,12-14,21-23,28-29,34-35,39,41-58H2,1-3H3/b10-7-,11-8-,18-15-,19-16-,20-17-,26-24-,27-25-,32-30-,33-31-,38-36-,40-37-. The summed E-state index contributed by atoms with van der Waals surface area (Å²) in [4.78, 5) is 25.4. The van der Waals surface area contributed by atoms with Crippen LogP contribution in [0.5, 0.6) is 0 Å². The van der Waals surface area contributed by atoms with E-state index in [0.717, 1.165) is 141 Å². The van der Waals surface area contributed by atoms with Crippen molar-refractivity contribution in [3.05, 3.63) is 134 Å². The number of ether oxygens (including phenoxy) is 3. The first-order valence-corrected chi connectivity index (χ1v) is 26.7. The number of carbonyl (C=O) groups is 2. The zero-order valence-corrected chi connectivity index (χ0v) is 42.7. The highest BCUT2D eigenvalue weighted by atomic mass is 16.6.